The molecule has 0 aliphatic carbocycles. The van der Waals surface area contributed by atoms with Gasteiger partial charge in [-0.15, -0.1) is 0 Å². The highest BCUT2D eigenvalue weighted by Crippen LogP contribution is 2.23. The molecule has 3 heterocycles. The molecule has 0 spiro atoms. The van der Waals surface area contributed by atoms with Crippen molar-refractivity contribution in [2.24, 2.45) is 10.9 Å². The molecule has 0 atom stereocenters. The van der Waals surface area contributed by atoms with Crippen molar-refractivity contribution in [3.63, 3.8) is 0 Å². The van der Waals surface area contributed by atoms with Crippen LogP contribution in [0.15, 0.2) is 71.3 Å². The van der Waals surface area contributed by atoms with Crippen LogP contribution in [0.5, 0.6) is 0 Å². The summed E-state index contributed by atoms with van der Waals surface area (Å²) in [5, 5.41) is 6.85. The summed E-state index contributed by atoms with van der Waals surface area (Å²) >= 11 is 0. The maximum atomic E-state index is 4.80. The van der Waals surface area contributed by atoms with Crippen LogP contribution in [0.4, 0.5) is 5.95 Å². The molecule has 0 unspecified atom stereocenters. The molecule has 0 bridgehead atoms. The zero-order chi connectivity index (χ0) is 23.8. The fourth-order valence-electron chi connectivity index (χ4n) is 3.82. The Kier molecular flexibility index (Phi) is 8.60. The molecule has 0 radical (unpaired) electrons. The lowest BCUT2D eigenvalue weighted by atomic mass is 10.2. The molecule has 7 nitrogen and oxygen atoms in total. The van der Waals surface area contributed by atoms with Gasteiger partial charge in [-0.05, 0) is 43.6 Å². The third kappa shape index (κ3) is 6.42. The Morgan fingerprint density at radius 2 is 2.03 bits per heavy atom. The van der Waals surface area contributed by atoms with Gasteiger partial charge in [0.2, 0.25) is 5.95 Å². The normalized spacial score (nSPS) is 18.0. The Morgan fingerprint density at radius 1 is 1.27 bits per heavy atom. The summed E-state index contributed by atoms with van der Waals surface area (Å²) in [7, 11) is 0. The molecule has 2 aliphatic rings. The molecule has 1 fully saturated rings. The second kappa shape index (κ2) is 11.6. The Labute approximate surface area is 198 Å². The lowest BCUT2D eigenvalue weighted by Crippen LogP contribution is -2.43. The van der Waals surface area contributed by atoms with Crippen molar-refractivity contribution < 1.29 is 0 Å². The molecule has 1 aromatic rings. The van der Waals surface area contributed by atoms with Gasteiger partial charge in [-0.1, -0.05) is 33.1 Å². The average Bonchev–Trinajstić information content (AvgIpc) is 3.21. The van der Waals surface area contributed by atoms with Crippen molar-refractivity contribution in [1.29, 1.82) is 0 Å². The van der Waals surface area contributed by atoms with E-state index >= 15 is 0 Å². The molecular weight excluding hydrogens is 410 g/mol. The Morgan fingerprint density at radius 3 is 2.70 bits per heavy atom. The number of nitrogens with zero attached hydrogens (tertiary/aromatic N) is 5. The van der Waals surface area contributed by atoms with Crippen LogP contribution >= 0.6 is 0 Å². The molecule has 0 saturated carbocycles. The van der Waals surface area contributed by atoms with Crippen molar-refractivity contribution >= 4 is 17.9 Å². The molecule has 0 aromatic carbocycles. The van der Waals surface area contributed by atoms with Crippen LogP contribution in [0.3, 0.4) is 0 Å². The second-order valence-corrected chi connectivity index (χ2v) is 8.69. The Bertz CT molecular complexity index is 978. The quantitative estimate of drug-likeness (QED) is 0.444. The van der Waals surface area contributed by atoms with Crippen LogP contribution in [0.25, 0.3) is 5.70 Å². The molecule has 176 valence electrons. The second-order valence-electron chi connectivity index (χ2n) is 8.69. The van der Waals surface area contributed by atoms with E-state index in [9.17, 15) is 0 Å². The number of allylic oxidation sites excluding steroid dienone is 3. The van der Waals surface area contributed by atoms with Gasteiger partial charge in [-0.2, -0.15) is 0 Å². The number of hydrogen-bond donors (Lipinski definition) is 2. The molecule has 1 aromatic heterocycles. The van der Waals surface area contributed by atoms with Crippen molar-refractivity contribution in [3.8, 4) is 0 Å². The minimum absolute atomic E-state index is 0.425. The van der Waals surface area contributed by atoms with Crippen molar-refractivity contribution in [1.82, 2.24) is 25.5 Å². The van der Waals surface area contributed by atoms with Crippen LogP contribution in [0.1, 0.15) is 33.4 Å². The van der Waals surface area contributed by atoms with Gasteiger partial charge in [0, 0.05) is 45.1 Å². The van der Waals surface area contributed by atoms with Gasteiger partial charge in [0.15, 0.2) is 0 Å². The largest absolute Gasteiger partial charge is 0.367 e. The van der Waals surface area contributed by atoms with E-state index in [0.717, 1.165) is 55.5 Å². The van der Waals surface area contributed by atoms with Crippen LogP contribution in [0, 0.1) is 5.92 Å². The fourth-order valence-corrected chi connectivity index (χ4v) is 3.82. The van der Waals surface area contributed by atoms with E-state index in [1.54, 1.807) is 6.20 Å². The van der Waals surface area contributed by atoms with E-state index in [2.05, 4.69) is 76.5 Å². The van der Waals surface area contributed by atoms with E-state index in [4.69, 9.17) is 4.98 Å². The molecule has 2 aliphatic heterocycles. The molecule has 3 rings (SSSR count). The van der Waals surface area contributed by atoms with Gasteiger partial charge in [0.25, 0.3) is 0 Å². The van der Waals surface area contributed by atoms with Gasteiger partial charge in [-0.25, -0.2) is 9.97 Å². The predicted molar refractivity (Wildman–Crippen MR) is 139 cm³/mol. The predicted octanol–water partition coefficient (Wildman–Crippen LogP) is 3.74. The Balaban J connectivity index is 1.77. The first-order chi connectivity index (χ1) is 15.9. The monoisotopic (exact) mass is 447 g/mol. The summed E-state index contributed by atoms with van der Waals surface area (Å²) in [6, 6.07) is 1.88. The smallest absolute Gasteiger partial charge is 0.226 e. The Hall–Kier alpha value is -3.19. The zero-order valence-electron chi connectivity index (χ0n) is 20.4. The lowest BCUT2D eigenvalue weighted by molar-refractivity contribution is 0.304. The van der Waals surface area contributed by atoms with E-state index in [1.165, 1.54) is 5.57 Å². The number of hydrogen-bond acceptors (Lipinski definition) is 7. The van der Waals surface area contributed by atoms with E-state index in [-0.39, 0.29) is 0 Å². The van der Waals surface area contributed by atoms with Crippen molar-refractivity contribution in [3.05, 3.63) is 72.0 Å². The van der Waals surface area contributed by atoms with Gasteiger partial charge in [-0.3, -0.25) is 4.99 Å². The third-order valence-corrected chi connectivity index (χ3v) is 5.57. The van der Waals surface area contributed by atoms with Gasteiger partial charge in [0.1, 0.15) is 0 Å². The summed E-state index contributed by atoms with van der Waals surface area (Å²) in [6.07, 6.45) is 9.80. The van der Waals surface area contributed by atoms with Crippen molar-refractivity contribution in [2.45, 2.75) is 27.7 Å². The standard InChI is InChI=1S/C26H37N7/c1-7-9-25(32-14-12-27-13-15-32)22(8-2)30-21(6)23-10-11-28-26(31-23)33-17-20(5)24(18-33)29-16-19(3)4/h7-11,16,19,27,30H,2,6,12-15,17-18H2,1,3-5H3/b9-7-,25-22-,29-16?. The number of anilines is 1. The summed E-state index contributed by atoms with van der Waals surface area (Å²) in [6.45, 7) is 22.0. The molecule has 2 N–H and O–H groups in total. The third-order valence-electron chi connectivity index (χ3n) is 5.57. The molecule has 1 saturated heterocycles. The van der Waals surface area contributed by atoms with Crippen LogP contribution in [-0.2, 0) is 0 Å². The first-order valence-corrected chi connectivity index (χ1v) is 11.6. The minimum Gasteiger partial charge on any atom is -0.367 e. The van der Waals surface area contributed by atoms with E-state index in [0.29, 0.717) is 24.1 Å². The van der Waals surface area contributed by atoms with E-state index in [1.807, 2.05) is 25.3 Å². The highest BCUT2D eigenvalue weighted by molar-refractivity contribution is 5.64. The summed E-state index contributed by atoms with van der Waals surface area (Å²) < 4.78 is 0. The first kappa shape index (κ1) is 24.5. The SMILES string of the molecule is C=C/C(NC(=C)c1ccnc(N2CC(C)=C(N=CC(C)C)C2)n1)=C(\C=C/C)N1CCNCC1. The maximum Gasteiger partial charge on any atom is 0.226 e. The maximum absolute atomic E-state index is 4.80. The number of piperazine rings is 1. The van der Waals surface area contributed by atoms with Gasteiger partial charge >= 0.3 is 0 Å². The highest BCUT2D eigenvalue weighted by atomic mass is 15.3. The summed E-state index contributed by atoms with van der Waals surface area (Å²) in [5.41, 5.74) is 5.85. The van der Waals surface area contributed by atoms with Crippen LogP contribution < -0.4 is 15.5 Å². The van der Waals surface area contributed by atoms with Crippen LogP contribution in [0.2, 0.25) is 0 Å². The van der Waals surface area contributed by atoms with E-state index < -0.39 is 0 Å². The molecule has 33 heavy (non-hydrogen) atoms. The van der Waals surface area contributed by atoms with Gasteiger partial charge < -0.3 is 20.4 Å². The van der Waals surface area contributed by atoms with Gasteiger partial charge in [0.05, 0.1) is 35.0 Å². The molecule has 0 amide bonds. The number of aliphatic imine (C=N–C) groups is 1. The summed E-state index contributed by atoms with van der Waals surface area (Å²) in [4.78, 5) is 18.5. The number of aromatic nitrogens is 2. The number of nitrogens with one attached hydrogen (secondary N) is 2. The molecular formula is C26H37N7. The zero-order valence-corrected chi connectivity index (χ0v) is 20.4. The highest BCUT2D eigenvalue weighted by Gasteiger charge is 2.22. The van der Waals surface area contributed by atoms with Crippen molar-refractivity contribution in [2.75, 3.05) is 44.2 Å². The summed E-state index contributed by atoms with van der Waals surface area (Å²) in [5.74, 6) is 1.11. The fraction of sp³-hybridized carbons (Fsp3) is 0.423. The molecule has 7 heteroatoms. The lowest BCUT2D eigenvalue weighted by Gasteiger charge is -2.32. The number of rotatable bonds is 9. The minimum atomic E-state index is 0.425. The van der Waals surface area contributed by atoms with Crippen LogP contribution in [-0.4, -0.2) is 60.4 Å². The average molecular weight is 448 g/mol. The first-order valence-electron chi connectivity index (χ1n) is 11.6. The topological polar surface area (TPSA) is 68.7 Å².